The van der Waals surface area contributed by atoms with E-state index in [1.54, 1.807) is 17.7 Å². The lowest BCUT2D eigenvalue weighted by atomic mass is 10.1. The van der Waals surface area contributed by atoms with Crippen LogP contribution in [0.5, 0.6) is 0 Å². The Bertz CT molecular complexity index is 582. The van der Waals surface area contributed by atoms with Crippen LogP contribution in [0.2, 0.25) is 0 Å². The Labute approximate surface area is 123 Å². The Morgan fingerprint density at radius 3 is 3.10 bits per heavy atom. The Morgan fingerprint density at radius 1 is 1.40 bits per heavy atom. The van der Waals surface area contributed by atoms with Crippen molar-refractivity contribution >= 4 is 27.4 Å². The van der Waals surface area contributed by atoms with Gasteiger partial charge in [-0.25, -0.2) is 9.97 Å². The molecule has 1 fully saturated rings. The first kappa shape index (κ1) is 13.8. The first-order valence-corrected chi connectivity index (χ1v) is 8.23. The average molecular weight is 291 g/mol. The van der Waals surface area contributed by atoms with E-state index < -0.39 is 0 Å². The summed E-state index contributed by atoms with van der Waals surface area (Å²) in [5.41, 5.74) is 0. The van der Waals surface area contributed by atoms with Crippen molar-refractivity contribution in [2.75, 3.05) is 24.6 Å². The van der Waals surface area contributed by atoms with E-state index in [0.29, 0.717) is 6.10 Å². The zero-order valence-electron chi connectivity index (χ0n) is 12.1. The molecule has 0 aliphatic carbocycles. The highest BCUT2D eigenvalue weighted by atomic mass is 32.1. The Kier molecular flexibility index (Phi) is 4.17. The lowest BCUT2D eigenvalue weighted by molar-refractivity contribution is 0.0526. The third-order valence-electron chi connectivity index (χ3n) is 3.79. The summed E-state index contributed by atoms with van der Waals surface area (Å²) in [6, 6.07) is 2.25. The summed E-state index contributed by atoms with van der Waals surface area (Å²) < 4.78 is 5.79. The van der Waals surface area contributed by atoms with Gasteiger partial charge < -0.3 is 9.64 Å². The van der Waals surface area contributed by atoms with Crippen LogP contribution in [0.25, 0.3) is 10.2 Å². The van der Waals surface area contributed by atoms with Crippen molar-refractivity contribution in [3.8, 4) is 0 Å². The van der Waals surface area contributed by atoms with Gasteiger partial charge in [0.05, 0.1) is 11.5 Å². The van der Waals surface area contributed by atoms with Crippen molar-refractivity contribution in [1.29, 1.82) is 0 Å². The summed E-state index contributed by atoms with van der Waals surface area (Å²) in [5.74, 6) is 1.08. The van der Waals surface area contributed by atoms with Crippen molar-refractivity contribution < 1.29 is 4.74 Å². The maximum absolute atomic E-state index is 5.79. The van der Waals surface area contributed by atoms with Crippen LogP contribution in [0.4, 0.5) is 5.82 Å². The summed E-state index contributed by atoms with van der Waals surface area (Å²) in [6.45, 7) is 7.04. The number of nitrogens with zero attached hydrogens (tertiary/aromatic N) is 3. The Morgan fingerprint density at radius 2 is 2.30 bits per heavy atom. The minimum Gasteiger partial charge on any atom is -0.377 e. The second-order valence-electron chi connectivity index (χ2n) is 5.15. The molecular formula is C15H21N3OS. The molecule has 0 radical (unpaired) electrons. The van der Waals surface area contributed by atoms with Gasteiger partial charge in [0, 0.05) is 24.6 Å². The molecule has 0 spiro atoms. The minimum atomic E-state index is 0.336. The van der Waals surface area contributed by atoms with E-state index in [9.17, 15) is 0 Å². The van der Waals surface area contributed by atoms with E-state index >= 15 is 0 Å². The molecule has 0 saturated carbocycles. The molecule has 3 heterocycles. The predicted molar refractivity (Wildman–Crippen MR) is 83.7 cm³/mol. The first-order chi connectivity index (χ1) is 9.81. The summed E-state index contributed by atoms with van der Waals surface area (Å²) in [4.78, 5) is 13.8. The second-order valence-corrected chi connectivity index (χ2v) is 6.26. The smallest absolute Gasteiger partial charge is 0.140 e. The molecule has 1 atom stereocenters. The van der Waals surface area contributed by atoms with E-state index in [0.717, 1.165) is 43.2 Å². The number of ether oxygens (including phenoxy) is 1. The highest BCUT2D eigenvalue weighted by Crippen LogP contribution is 2.32. The third-order valence-corrected chi connectivity index (χ3v) is 4.98. The number of aryl methyl sites for hydroxylation is 1. The number of thiophene rings is 1. The molecule has 0 N–H and O–H groups in total. The van der Waals surface area contributed by atoms with Crippen LogP contribution >= 0.6 is 11.3 Å². The lowest BCUT2D eigenvalue weighted by Crippen LogP contribution is -2.40. The van der Waals surface area contributed by atoms with E-state index in [4.69, 9.17) is 4.74 Å². The van der Waals surface area contributed by atoms with Crippen LogP contribution in [0.1, 0.15) is 31.6 Å². The van der Waals surface area contributed by atoms with Crippen molar-refractivity contribution in [2.24, 2.45) is 0 Å². The van der Waals surface area contributed by atoms with E-state index in [-0.39, 0.29) is 0 Å². The molecule has 4 nitrogen and oxygen atoms in total. The fraction of sp³-hybridized carbons (Fsp3) is 0.600. The Hall–Kier alpha value is -1.20. The molecule has 2 aromatic rings. The molecule has 0 aromatic carbocycles. The highest BCUT2D eigenvalue weighted by Gasteiger charge is 2.23. The molecular weight excluding hydrogens is 270 g/mol. The van der Waals surface area contributed by atoms with Crippen LogP contribution in [-0.2, 0) is 11.2 Å². The molecule has 0 bridgehead atoms. The molecule has 108 valence electrons. The van der Waals surface area contributed by atoms with Crippen molar-refractivity contribution in [2.45, 2.75) is 39.2 Å². The summed E-state index contributed by atoms with van der Waals surface area (Å²) in [6.07, 6.45) is 5.41. The molecule has 2 aromatic heterocycles. The fourth-order valence-corrected chi connectivity index (χ4v) is 3.75. The molecule has 20 heavy (non-hydrogen) atoms. The predicted octanol–water partition coefficient (Wildman–Crippen LogP) is 3.26. The number of anilines is 1. The largest absolute Gasteiger partial charge is 0.377 e. The van der Waals surface area contributed by atoms with Gasteiger partial charge >= 0.3 is 0 Å². The molecule has 1 unspecified atom stereocenters. The first-order valence-electron chi connectivity index (χ1n) is 7.41. The lowest BCUT2D eigenvalue weighted by Gasteiger charge is -2.33. The number of hydrogen-bond acceptors (Lipinski definition) is 5. The quantitative estimate of drug-likeness (QED) is 0.866. The van der Waals surface area contributed by atoms with Gasteiger partial charge in [-0.2, -0.15) is 0 Å². The summed E-state index contributed by atoms with van der Waals surface area (Å²) in [5, 5.41) is 1.20. The van der Waals surface area contributed by atoms with Gasteiger partial charge in [0.15, 0.2) is 0 Å². The maximum atomic E-state index is 5.79. The van der Waals surface area contributed by atoms with Crippen LogP contribution in [-0.4, -0.2) is 35.8 Å². The van der Waals surface area contributed by atoms with Gasteiger partial charge in [0.25, 0.3) is 0 Å². The van der Waals surface area contributed by atoms with Crippen molar-refractivity contribution in [1.82, 2.24) is 9.97 Å². The zero-order chi connectivity index (χ0) is 13.9. The van der Waals surface area contributed by atoms with Gasteiger partial charge in [-0.15, -0.1) is 11.3 Å². The Balaban J connectivity index is 1.90. The van der Waals surface area contributed by atoms with E-state index in [2.05, 4.69) is 34.8 Å². The number of hydrogen-bond donors (Lipinski definition) is 0. The van der Waals surface area contributed by atoms with Gasteiger partial charge in [-0.05, 0) is 32.3 Å². The van der Waals surface area contributed by atoms with Crippen LogP contribution in [0.3, 0.4) is 0 Å². The average Bonchev–Trinajstić information content (AvgIpc) is 2.91. The van der Waals surface area contributed by atoms with Crippen LogP contribution < -0.4 is 4.90 Å². The molecule has 3 rings (SSSR count). The number of piperidine rings is 1. The second kappa shape index (κ2) is 6.06. The minimum absolute atomic E-state index is 0.336. The zero-order valence-corrected chi connectivity index (χ0v) is 12.9. The van der Waals surface area contributed by atoms with Gasteiger partial charge in [-0.1, -0.05) is 6.92 Å². The number of rotatable bonds is 4. The monoisotopic (exact) mass is 291 g/mol. The molecule has 1 aliphatic rings. The number of aromatic nitrogens is 2. The summed E-state index contributed by atoms with van der Waals surface area (Å²) >= 11 is 1.78. The van der Waals surface area contributed by atoms with E-state index in [1.807, 2.05) is 0 Å². The standard InChI is InChI=1S/C15H21N3OS/c1-3-12-8-13-14(16-10-17-15(13)20-12)18-7-5-6-11(9-18)19-4-2/h8,10-11H,3-7,9H2,1-2H3. The molecule has 1 saturated heterocycles. The number of fused-ring (bicyclic) bond motifs is 1. The van der Waals surface area contributed by atoms with E-state index in [1.165, 1.54) is 16.7 Å². The topological polar surface area (TPSA) is 38.2 Å². The third kappa shape index (κ3) is 2.65. The van der Waals surface area contributed by atoms with Gasteiger partial charge in [0.1, 0.15) is 17.0 Å². The molecule has 1 aliphatic heterocycles. The summed E-state index contributed by atoms with van der Waals surface area (Å²) in [7, 11) is 0. The maximum Gasteiger partial charge on any atom is 0.140 e. The van der Waals surface area contributed by atoms with Crippen molar-refractivity contribution in [3.63, 3.8) is 0 Å². The SMILES string of the molecule is CCOC1CCCN(c2ncnc3sc(CC)cc23)C1. The highest BCUT2D eigenvalue weighted by molar-refractivity contribution is 7.18. The fourth-order valence-electron chi connectivity index (χ4n) is 2.82. The molecule has 5 heteroatoms. The van der Waals surface area contributed by atoms with Crippen LogP contribution in [0, 0.1) is 0 Å². The molecule has 0 amide bonds. The van der Waals surface area contributed by atoms with Gasteiger partial charge in [0.2, 0.25) is 0 Å². The van der Waals surface area contributed by atoms with Gasteiger partial charge in [-0.3, -0.25) is 0 Å². The van der Waals surface area contributed by atoms with Crippen molar-refractivity contribution in [3.05, 3.63) is 17.3 Å². The van der Waals surface area contributed by atoms with Crippen LogP contribution in [0.15, 0.2) is 12.4 Å². The normalized spacial score (nSPS) is 19.7.